The number of aryl methyl sites for hydroxylation is 1. The fourth-order valence-electron chi connectivity index (χ4n) is 2.81. The van der Waals surface area contributed by atoms with Crippen molar-refractivity contribution < 1.29 is 24.2 Å². The van der Waals surface area contributed by atoms with Crippen molar-refractivity contribution in [3.05, 3.63) is 59.9 Å². The van der Waals surface area contributed by atoms with Crippen LogP contribution in [-0.2, 0) is 20.9 Å². The second-order valence-electron chi connectivity index (χ2n) is 6.49. The van der Waals surface area contributed by atoms with Gasteiger partial charge in [-0.25, -0.2) is 9.78 Å². The molecule has 2 aromatic heterocycles. The van der Waals surface area contributed by atoms with Crippen molar-refractivity contribution in [3.63, 3.8) is 0 Å². The Morgan fingerprint density at radius 2 is 1.90 bits per heavy atom. The molecule has 0 saturated carbocycles. The zero-order valence-corrected chi connectivity index (χ0v) is 16.7. The van der Waals surface area contributed by atoms with Gasteiger partial charge in [-0.3, -0.25) is 9.59 Å². The number of aromatic nitrogens is 2. The number of nitrogens with zero attached hydrogens (tertiary/aromatic N) is 2. The van der Waals surface area contributed by atoms with E-state index in [-0.39, 0.29) is 6.29 Å². The number of pyridine rings is 1. The molecule has 3 rings (SSSR count). The van der Waals surface area contributed by atoms with Crippen molar-refractivity contribution in [2.45, 2.75) is 39.8 Å². The van der Waals surface area contributed by atoms with Gasteiger partial charge in [0.25, 0.3) is 0 Å². The molecule has 0 radical (unpaired) electrons. The molecule has 7 heteroatoms. The molecule has 1 atom stereocenters. The molecular formula is C22H24N2O5. The summed E-state index contributed by atoms with van der Waals surface area (Å²) in [7, 11) is 0. The highest BCUT2D eigenvalue weighted by Gasteiger charge is 2.20. The van der Waals surface area contributed by atoms with Gasteiger partial charge in [-0.2, -0.15) is 0 Å². The molecule has 0 aliphatic rings. The lowest BCUT2D eigenvalue weighted by Crippen LogP contribution is -2.26. The Kier molecular flexibility index (Phi) is 7.65. The molecule has 29 heavy (non-hydrogen) atoms. The first-order chi connectivity index (χ1) is 13.9. The monoisotopic (exact) mass is 396 g/mol. The molecule has 0 bridgehead atoms. The largest absolute Gasteiger partial charge is 0.479 e. The van der Waals surface area contributed by atoms with Gasteiger partial charge >= 0.3 is 5.97 Å². The third kappa shape index (κ3) is 5.75. The van der Waals surface area contributed by atoms with Crippen LogP contribution in [-0.4, -0.2) is 38.8 Å². The third-order valence-electron chi connectivity index (χ3n) is 4.25. The van der Waals surface area contributed by atoms with E-state index in [0.717, 1.165) is 23.1 Å². The van der Waals surface area contributed by atoms with Crippen LogP contribution in [0.2, 0.25) is 0 Å². The molecule has 3 aromatic rings. The molecular weight excluding hydrogens is 372 g/mol. The van der Waals surface area contributed by atoms with Crippen LogP contribution < -0.4 is 4.74 Å². The van der Waals surface area contributed by atoms with E-state index in [1.54, 1.807) is 13.1 Å². The lowest BCUT2D eigenvalue weighted by atomic mass is 10.2. The van der Waals surface area contributed by atoms with Gasteiger partial charge in [0.15, 0.2) is 18.2 Å². The highest BCUT2D eigenvalue weighted by molar-refractivity contribution is 6.23. The lowest BCUT2D eigenvalue weighted by Gasteiger charge is -2.13. The molecule has 7 nitrogen and oxygen atoms in total. The molecule has 2 heterocycles. The summed E-state index contributed by atoms with van der Waals surface area (Å²) in [6, 6.07) is 14.1. The maximum Gasteiger partial charge on any atom is 0.344 e. The van der Waals surface area contributed by atoms with Crippen LogP contribution in [0.25, 0.3) is 10.9 Å². The number of aliphatic carboxylic acids is 1. The fourth-order valence-corrected chi connectivity index (χ4v) is 2.81. The molecule has 1 aromatic carbocycles. The molecule has 0 aliphatic heterocycles. The number of ketones is 1. The lowest BCUT2D eigenvalue weighted by molar-refractivity contribution is -0.145. The highest BCUT2D eigenvalue weighted by Crippen LogP contribution is 2.28. The van der Waals surface area contributed by atoms with E-state index in [2.05, 4.69) is 21.7 Å². The summed E-state index contributed by atoms with van der Waals surface area (Å²) in [5.74, 6) is -1.03. The number of ether oxygens (including phenoxy) is 1. The van der Waals surface area contributed by atoms with E-state index in [1.807, 2.05) is 37.3 Å². The molecule has 0 fully saturated rings. The number of fused-ring (bicyclic) bond motifs is 1. The van der Waals surface area contributed by atoms with Crippen LogP contribution in [0.4, 0.5) is 0 Å². The standard InChI is InChI=1S/C19H20N2O3.C3H4O2/c1-3-17(19(22)23)24-18-15-11-13(2)21(16(15)9-10-20-18)12-14-7-5-4-6-8-14;1-3(5)2-4/h4-11,17H,3,12H2,1-2H3,(H,22,23);2H,1H3. The molecule has 1 unspecified atom stereocenters. The average Bonchev–Trinajstić information content (AvgIpc) is 3.03. The van der Waals surface area contributed by atoms with Crippen LogP contribution in [0.15, 0.2) is 48.7 Å². The number of carbonyl (C=O) groups is 3. The summed E-state index contributed by atoms with van der Waals surface area (Å²) in [4.78, 5) is 34.1. The Morgan fingerprint density at radius 3 is 2.45 bits per heavy atom. The fraction of sp³-hybridized carbons (Fsp3) is 0.273. The van der Waals surface area contributed by atoms with Crippen molar-refractivity contribution in [2.24, 2.45) is 0 Å². The van der Waals surface area contributed by atoms with E-state index in [9.17, 15) is 14.7 Å². The number of hydrogen-bond acceptors (Lipinski definition) is 5. The van der Waals surface area contributed by atoms with E-state index in [1.165, 1.54) is 12.5 Å². The molecule has 0 amide bonds. The van der Waals surface area contributed by atoms with Gasteiger partial charge in [-0.05, 0) is 31.0 Å². The second kappa shape index (κ2) is 10.2. The molecule has 0 spiro atoms. The summed E-state index contributed by atoms with van der Waals surface area (Å²) in [5, 5.41) is 10.0. The number of carboxylic acids is 1. The van der Waals surface area contributed by atoms with E-state index in [4.69, 9.17) is 9.53 Å². The van der Waals surface area contributed by atoms with Crippen molar-refractivity contribution in [3.8, 4) is 5.88 Å². The number of carbonyl (C=O) groups excluding carboxylic acids is 2. The molecule has 0 saturated heterocycles. The van der Waals surface area contributed by atoms with Gasteiger partial charge in [-0.15, -0.1) is 0 Å². The second-order valence-corrected chi connectivity index (χ2v) is 6.49. The average molecular weight is 396 g/mol. The van der Waals surface area contributed by atoms with Crippen LogP contribution in [0, 0.1) is 6.92 Å². The molecule has 0 aliphatic carbocycles. The molecule has 152 valence electrons. The predicted octanol–water partition coefficient (Wildman–Crippen LogP) is 3.41. The minimum absolute atomic E-state index is 0.278. The zero-order chi connectivity index (χ0) is 21.4. The van der Waals surface area contributed by atoms with Gasteiger partial charge in [0, 0.05) is 25.4 Å². The maximum atomic E-state index is 11.2. The SMILES string of the molecule is CC(=O)C=O.CCC(Oc1nccc2c1cc(C)n2Cc1ccccc1)C(=O)O. The Labute approximate surface area is 168 Å². The van der Waals surface area contributed by atoms with Crippen LogP contribution >= 0.6 is 0 Å². The van der Waals surface area contributed by atoms with Crippen LogP contribution in [0.5, 0.6) is 5.88 Å². The van der Waals surface area contributed by atoms with Gasteiger partial charge in [-0.1, -0.05) is 37.3 Å². The Morgan fingerprint density at radius 1 is 1.24 bits per heavy atom. The topological polar surface area (TPSA) is 98.5 Å². The van der Waals surface area contributed by atoms with Crippen molar-refractivity contribution >= 4 is 28.9 Å². The number of Topliss-reactive ketones (excluding diaryl/α,β-unsaturated/α-hetero) is 1. The predicted molar refractivity (Wildman–Crippen MR) is 109 cm³/mol. The normalized spacial score (nSPS) is 11.3. The smallest absolute Gasteiger partial charge is 0.344 e. The summed E-state index contributed by atoms with van der Waals surface area (Å²) < 4.78 is 7.81. The van der Waals surface area contributed by atoms with E-state index >= 15 is 0 Å². The summed E-state index contributed by atoms with van der Waals surface area (Å²) in [6.07, 6.45) is 1.44. The van der Waals surface area contributed by atoms with E-state index in [0.29, 0.717) is 12.3 Å². The van der Waals surface area contributed by atoms with Gasteiger partial charge in [0.05, 0.1) is 10.9 Å². The maximum absolute atomic E-state index is 11.2. The van der Waals surface area contributed by atoms with Crippen molar-refractivity contribution in [2.75, 3.05) is 0 Å². The Balaban J connectivity index is 0.000000537. The minimum atomic E-state index is -0.975. The number of rotatable bonds is 7. The number of aldehydes is 1. The summed E-state index contributed by atoms with van der Waals surface area (Å²) in [5.41, 5.74) is 3.27. The van der Waals surface area contributed by atoms with Gasteiger partial charge < -0.3 is 14.4 Å². The van der Waals surface area contributed by atoms with Gasteiger partial charge in [0.1, 0.15) is 0 Å². The highest BCUT2D eigenvalue weighted by atomic mass is 16.5. The number of benzene rings is 1. The Hall–Kier alpha value is -3.48. The third-order valence-corrected chi connectivity index (χ3v) is 4.25. The van der Waals surface area contributed by atoms with Crippen molar-refractivity contribution in [1.29, 1.82) is 0 Å². The first kappa shape index (κ1) is 21.8. The minimum Gasteiger partial charge on any atom is -0.479 e. The quantitative estimate of drug-likeness (QED) is 0.485. The summed E-state index contributed by atoms with van der Waals surface area (Å²) in [6.45, 7) is 5.77. The first-order valence-electron chi connectivity index (χ1n) is 9.21. The van der Waals surface area contributed by atoms with E-state index < -0.39 is 17.9 Å². The van der Waals surface area contributed by atoms with Gasteiger partial charge in [0.2, 0.25) is 5.88 Å². The summed E-state index contributed by atoms with van der Waals surface area (Å²) >= 11 is 0. The molecule has 1 N–H and O–H groups in total. The van der Waals surface area contributed by atoms with Crippen molar-refractivity contribution in [1.82, 2.24) is 9.55 Å². The van der Waals surface area contributed by atoms with Crippen LogP contribution in [0.3, 0.4) is 0 Å². The zero-order valence-electron chi connectivity index (χ0n) is 16.7. The van der Waals surface area contributed by atoms with Crippen LogP contribution in [0.1, 0.15) is 31.5 Å². The number of hydrogen-bond donors (Lipinski definition) is 1. The Bertz CT molecular complexity index is 995. The number of carboxylic acid groups (broad SMARTS) is 1. The first-order valence-corrected chi connectivity index (χ1v) is 9.21.